The van der Waals surface area contributed by atoms with Crippen LogP contribution in [0.5, 0.6) is 0 Å². The summed E-state index contributed by atoms with van der Waals surface area (Å²) in [6.07, 6.45) is 1.27. The smallest absolute Gasteiger partial charge is 0.186 e. The molecule has 2 aromatic rings. The van der Waals surface area contributed by atoms with Gasteiger partial charge in [0.05, 0.1) is 5.69 Å². The highest BCUT2D eigenvalue weighted by atomic mass is 19.1. The first-order chi connectivity index (χ1) is 8.18. The highest BCUT2D eigenvalue weighted by molar-refractivity contribution is 5.38. The van der Waals surface area contributed by atoms with Crippen LogP contribution in [0.2, 0.25) is 0 Å². The summed E-state index contributed by atoms with van der Waals surface area (Å²) >= 11 is 0. The first-order valence-electron chi connectivity index (χ1n) is 5.13. The van der Waals surface area contributed by atoms with E-state index in [0.29, 0.717) is 5.56 Å². The minimum atomic E-state index is -0.510. The molecule has 0 radical (unpaired) electrons. The summed E-state index contributed by atoms with van der Waals surface area (Å²) < 4.78 is 26.8. The van der Waals surface area contributed by atoms with Gasteiger partial charge in [0.1, 0.15) is 12.1 Å². The number of hydrogen-bond donors (Lipinski definition) is 1. The minimum Gasteiger partial charge on any atom is -0.363 e. The van der Waals surface area contributed by atoms with Crippen LogP contribution in [0.25, 0.3) is 0 Å². The number of aryl methyl sites for hydroxylation is 1. The lowest BCUT2D eigenvalue weighted by Gasteiger charge is -2.07. The summed E-state index contributed by atoms with van der Waals surface area (Å²) in [6.45, 7) is 1.73. The molecule has 0 spiro atoms. The molecule has 0 saturated carbocycles. The molecular weight excluding hydrogens is 224 g/mol. The van der Waals surface area contributed by atoms with Crippen molar-refractivity contribution in [1.29, 1.82) is 0 Å². The maximum Gasteiger partial charge on any atom is 0.186 e. The van der Waals surface area contributed by atoms with Crippen LogP contribution in [0.15, 0.2) is 30.6 Å². The van der Waals surface area contributed by atoms with E-state index in [0.717, 1.165) is 0 Å². The molecule has 0 atom stereocenters. The number of benzene rings is 1. The topological polar surface area (TPSA) is 37.8 Å². The number of hydrogen-bond acceptors (Lipinski definition) is 3. The first kappa shape index (κ1) is 11.4. The van der Waals surface area contributed by atoms with E-state index < -0.39 is 5.82 Å². The Morgan fingerprint density at radius 3 is 2.71 bits per heavy atom. The van der Waals surface area contributed by atoms with Gasteiger partial charge in [-0.15, -0.1) is 0 Å². The second-order valence-corrected chi connectivity index (χ2v) is 3.57. The third-order valence-corrected chi connectivity index (χ3v) is 2.37. The lowest BCUT2D eigenvalue weighted by Crippen LogP contribution is -2.06. The van der Waals surface area contributed by atoms with Crippen molar-refractivity contribution in [1.82, 2.24) is 9.97 Å². The van der Waals surface area contributed by atoms with Crippen molar-refractivity contribution in [2.75, 3.05) is 5.32 Å². The van der Waals surface area contributed by atoms with Crippen LogP contribution in [-0.2, 0) is 6.54 Å². The van der Waals surface area contributed by atoms with Gasteiger partial charge in [-0.2, -0.15) is 0 Å². The molecule has 0 aliphatic carbocycles. The summed E-state index contributed by atoms with van der Waals surface area (Å²) in [5.41, 5.74) is 0.721. The molecule has 1 aromatic carbocycles. The number of nitrogens with one attached hydrogen (secondary N) is 1. The monoisotopic (exact) mass is 235 g/mol. The van der Waals surface area contributed by atoms with Crippen molar-refractivity contribution < 1.29 is 8.78 Å². The Morgan fingerprint density at radius 1 is 1.18 bits per heavy atom. The molecule has 0 fully saturated rings. The van der Waals surface area contributed by atoms with E-state index in [1.807, 2.05) is 0 Å². The van der Waals surface area contributed by atoms with Gasteiger partial charge in [-0.1, -0.05) is 18.2 Å². The minimum absolute atomic E-state index is 0.0840. The molecule has 5 heteroatoms. The van der Waals surface area contributed by atoms with Crippen molar-refractivity contribution in [3.63, 3.8) is 0 Å². The van der Waals surface area contributed by atoms with Gasteiger partial charge >= 0.3 is 0 Å². The molecule has 0 aliphatic rings. The molecule has 0 bridgehead atoms. The summed E-state index contributed by atoms with van der Waals surface area (Å²) in [4.78, 5) is 7.48. The summed E-state index contributed by atoms with van der Waals surface area (Å²) in [5.74, 6) is -0.754. The Bertz CT molecular complexity index is 529. The lowest BCUT2D eigenvalue weighted by atomic mass is 10.2. The molecule has 2 rings (SSSR count). The zero-order valence-corrected chi connectivity index (χ0v) is 9.24. The van der Waals surface area contributed by atoms with E-state index in [9.17, 15) is 8.78 Å². The summed E-state index contributed by atoms with van der Waals surface area (Å²) in [6, 6.07) is 6.32. The van der Waals surface area contributed by atoms with Crippen molar-refractivity contribution in [3.8, 4) is 0 Å². The Morgan fingerprint density at radius 2 is 1.94 bits per heavy atom. The third-order valence-electron chi connectivity index (χ3n) is 2.37. The Hall–Kier alpha value is -2.04. The molecule has 0 aliphatic heterocycles. The summed E-state index contributed by atoms with van der Waals surface area (Å²) in [7, 11) is 0. The van der Waals surface area contributed by atoms with Crippen molar-refractivity contribution in [2.45, 2.75) is 13.5 Å². The average molecular weight is 235 g/mol. The van der Waals surface area contributed by atoms with Crippen molar-refractivity contribution >= 4 is 5.82 Å². The van der Waals surface area contributed by atoms with Crippen LogP contribution in [0.1, 0.15) is 11.3 Å². The number of nitrogens with zero attached hydrogens (tertiary/aromatic N) is 2. The fourth-order valence-electron chi connectivity index (χ4n) is 1.40. The summed E-state index contributed by atoms with van der Waals surface area (Å²) in [5, 5.41) is 2.74. The van der Waals surface area contributed by atoms with Crippen LogP contribution in [0, 0.1) is 18.6 Å². The van der Waals surface area contributed by atoms with Gasteiger partial charge in [-0.05, 0) is 13.0 Å². The molecule has 1 heterocycles. The van der Waals surface area contributed by atoms with Gasteiger partial charge in [-0.3, -0.25) is 0 Å². The highest BCUT2D eigenvalue weighted by Crippen LogP contribution is 2.14. The number of halogens is 2. The predicted molar refractivity (Wildman–Crippen MR) is 60.5 cm³/mol. The Balaban J connectivity index is 2.13. The standard InChI is InChI=1S/C12H11F2N3/c1-8-11(14)12(17-7-16-8)15-6-9-4-2-3-5-10(9)13/h2-5,7H,6H2,1H3,(H,15,16,17). The molecule has 0 amide bonds. The van der Waals surface area contributed by atoms with Crippen LogP contribution < -0.4 is 5.32 Å². The second-order valence-electron chi connectivity index (χ2n) is 3.57. The third kappa shape index (κ3) is 2.55. The fraction of sp³-hybridized carbons (Fsp3) is 0.167. The van der Waals surface area contributed by atoms with Gasteiger partial charge in [0, 0.05) is 12.1 Å². The number of aromatic nitrogens is 2. The zero-order chi connectivity index (χ0) is 12.3. The van der Waals surface area contributed by atoms with E-state index in [-0.39, 0.29) is 23.9 Å². The molecule has 1 N–H and O–H groups in total. The largest absolute Gasteiger partial charge is 0.363 e. The fourth-order valence-corrected chi connectivity index (χ4v) is 1.40. The van der Waals surface area contributed by atoms with E-state index in [1.54, 1.807) is 25.1 Å². The molecule has 3 nitrogen and oxygen atoms in total. The molecule has 0 unspecified atom stereocenters. The van der Waals surface area contributed by atoms with Gasteiger partial charge in [0.2, 0.25) is 0 Å². The SMILES string of the molecule is Cc1ncnc(NCc2ccccc2F)c1F. The van der Waals surface area contributed by atoms with Crippen LogP contribution in [0.3, 0.4) is 0 Å². The average Bonchev–Trinajstić information content (AvgIpc) is 2.33. The lowest BCUT2D eigenvalue weighted by molar-refractivity contribution is 0.600. The van der Waals surface area contributed by atoms with Gasteiger partial charge in [0.15, 0.2) is 11.6 Å². The van der Waals surface area contributed by atoms with Crippen LogP contribution in [0.4, 0.5) is 14.6 Å². The molecular formula is C12H11F2N3. The van der Waals surface area contributed by atoms with Gasteiger partial charge in [0.25, 0.3) is 0 Å². The Labute approximate surface area is 97.5 Å². The second kappa shape index (κ2) is 4.86. The van der Waals surface area contributed by atoms with Crippen molar-refractivity contribution in [2.24, 2.45) is 0 Å². The quantitative estimate of drug-likeness (QED) is 0.888. The maximum atomic E-state index is 13.5. The zero-order valence-electron chi connectivity index (χ0n) is 9.24. The van der Waals surface area contributed by atoms with Crippen LogP contribution >= 0.6 is 0 Å². The number of anilines is 1. The molecule has 88 valence electrons. The number of rotatable bonds is 3. The predicted octanol–water partition coefficient (Wildman–Crippen LogP) is 2.68. The molecule has 1 aromatic heterocycles. The first-order valence-corrected chi connectivity index (χ1v) is 5.13. The van der Waals surface area contributed by atoms with Gasteiger partial charge < -0.3 is 5.32 Å². The molecule has 17 heavy (non-hydrogen) atoms. The van der Waals surface area contributed by atoms with E-state index >= 15 is 0 Å². The maximum absolute atomic E-state index is 13.5. The Kier molecular flexibility index (Phi) is 3.27. The highest BCUT2D eigenvalue weighted by Gasteiger charge is 2.07. The normalized spacial score (nSPS) is 10.3. The molecule has 0 saturated heterocycles. The van der Waals surface area contributed by atoms with E-state index in [1.165, 1.54) is 12.4 Å². The van der Waals surface area contributed by atoms with Crippen molar-refractivity contribution in [3.05, 3.63) is 53.5 Å². The van der Waals surface area contributed by atoms with E-state index in [2.05, 4.69) is 15.3 Å². The van der Waals surface area contributed by atoms with E-state index in [4.69, 9.17) is 0 Å². The van der Waals surface area contributed by atoms with Crippen LogP contribution in [-0.4, -0.2) is 9.97 Å². The van der Waals surface area contributed by atoms with Gasteiger partial charge in [-0.25, -0.2) is 18.7 Å².